The van der Waals surface area contributed by atoms with Crippen LogP contribution in [-0.4, -0.2) is 3.23 Å². The number of halogens is 4. The van der Waals surface area contributed by atoms with Crippen molar-refractivity contribution in [2.75, 3.05) is 0 Å². The monoisotopic (exact) mass is 432 g/mol. The lowest BCUT2D eigenvalue weighted by Crippen LogP contribution is -2.28. The van der Waals surface area contributed by atoms with Crippen LogP contribution in [0.25, 0.3) is 0 Å². The highest BCUT2D eigenvalue weighted by Crippen LogP contribution is 2.54. The summed E-state index contributed by atoms with van der Waals surface area (Å²) in [6, 6.07) is 10.1. The van der Waals surface area contributed by atoms with Crippen molar-refractivity contribution in [2.24, 2.45) is 0 Å². The minimum Gasteiger partial charge on any atom is -0.0701 e. The molecule has 0 saturated carbocycles. The highest BCUT2D eigenvalue weighted by molar-refractivity contribution is 9.30. The van der Waals surface area contributed by atoms with Crippen LogP contribution in [0.1, 0.15) is 12.5 Å². The molecule has 0 amide bonds. The second-order valence-electron chi connectivity index (χ2n) is 2.83. The summed E-state index contributed by atoms with van der Waals surface area (Å²) in [6.45, 7) is 2.03. The highest BCUT2D eigenvalue weighted by Gasteiger charge is 2.42. The summed E-state index contributed by atoms with van der Waals surface area (Å²) in [4.78, 5) is 0. The SMILES string of the molecule is CC(Br)(Br)C(Br)(Br)c1ccccc1. The molecule has 0 N–H and O–H groups in total. The zero-order valence-corrected chi connectivity index (χ0v) is 13.2. The molecule has 0 nitrogen and oxygen atoms in total. The van der Waals surface area contributed by atoms with Crippen molar-refractivity contribution >= 4 is 63.7 Å². The minimum absolute atomic E-state index is 0.242. The molecule has 0 aliphatic carbocycles. The minimum atomic E-state index is -0.311. The fourth-order valence-electron chi connectivity index (χ4n) is 0.901. The maximum absolute atomic E-state index is 3.63. The fourth-order valence-corrected chi connectivity index (χ4v) is 1.89. The number of rotatable bonds is 2. The van der Waals surface area contributed by atoms with Crippen molar-refractivity contribution in [3.63, 3.8) is 0 Å². The van der Waals surface area contributed by atoms with Gasteiger partial charge in [0.2, 0.25) is 0 Å². The molecule has 0 atom stereocenters. The third-order valence-electron chi connectivity index (χ3n) is 1.69. The molecule has 1 aromatic carbocycles. The molecule has 0 aliphatic heterocycles. The van der Waals surface area contributed by atoms with Crippen molar-refractivity contribution in [3.8, 4) is 0 Å². The molecule has 0 fully saturated rings. The van der Waals surface area contributed by atoms with Gasteiger partial charge in [-0.15, -0.1) is 0 Å². The van der Waals surface area contributed by atoms with Gasteiger partial charge in [-0.05, 0) is 12.5 Å². The molecule has 0 unspecified atom stereocenters. The smallest absolute Gasteiger partial charge is 0.0701 e. The van der Waals surface area contributed by atoms with E-state index in [2.05, 4.69) is 75.9 Å². The molecule has 0 aromatic heterocycles. The number of alkyl halides is 4. The zero-order valence-electron chi connectivity index (χ0n) is 6.90. The van der Waals surface area contributed by atoms with Crippen LogP contribution in [0.4, 0.5) is 0 Å². The van der Waals surface area contributed by atoms with Gasteiger partial charge in [0.25, 0.3) is 0 Å². The average Bonchev–Trinajstić information content (AvgIpc) is 2.04. The molecule has 72 valence electrons. The lowest BCUT2D eigenvalue weighted by molar-refractivity contribution is 0.857. The summed E-state index contributed by atoms with van der Waals surface area (Å²) < 4.78 is -0.553. The van der Waals surface area contributed by atoms with E-state index in [0.29, 0.717) is 0 Å². The zero-order chi connectivity index (χ0) is 10.1. The Hall–Kier alpha value is 1.14. The summed E-state index contributed by atoms with van der Waals surface area (Å²) in [7, 11) is 0. The molecule has 13 heavy (non-hydrogen) atoms. The highest BCUT2D eigenvalue weighted by atomic mass is 79.9. The molecule has 0 heterocycles. The maximum atomic E-state index is 3.63. The second kappa shape index (κ2) is 4.33. The lowest BCUT2D eigenvalue weighted by atomic mass is 10.1. The largest absolute Gasteiger partial charge is 0.130 e. The first kappa shape index (κ1) is 12.2. The molecule has 0 bridgehead atoms. The van der Waals surface area contributed by atoms with Crippen LogP contribution in [0.15, 0.2) is 30.3 Å². The Morgan fingerprint density at radius 2 is 1.38 bits per heavy atom. The predicted molar refractivity (Wildman–Crippen MR) is 72.2 cm³/mol. The van der Waals surface area contributed by atoms with Crippen molar-refractivity contribution in [3.05, 3.63) is 35.9 Å². The summed E-state index contributed by atoms with van der Waals surface area (Å²) in [5, 5.41) is 0. The van der Waals surface area contributed by atoms with Crippen molar-refractivity contribution in [2.45, 2.75) is 13.4 Å². The van der Waals surface area contributed by atoms with Crippen LogP contribution in [-0.2, 0) is 3.23 Å². The van der Waals surface area contributed by atoms with Crippen molar-refractivity contribution in [1.29, 1.82) is 0 Å². The van der Waals surface area contributed by atoms with Crippen LogP contribution < -0.4 is 0 Å². The lowest BCUT2D eigenvalue weighted by Gasteiger charge is -2.31. The molecule has 0 saturated heterocycles. The van der Waals surface area contributed by atoms with E-state index in [0.717, 1.165) is 5.56 Å². The molecule has 0 radical (unpaired) electrons. The molecule has 0 spiro atoms. The van der Waals surface area contributed by atoms with Gasteiger partial charge in [0.1, 0.15) is 6.47 Å². The standard InChI is InChI=1S/C9H8Br4/c1-8(10,11)9(12,13)7-5-3-2-4-6-7/h2-6H,1H3. The predicted octanol–water partition coefficient (Wildman–Crippen LogP) is 5.14. The Bertz CT molecular complexity index is 273. The van der Waals surface area contributed by atoms with Gasteiger partial charge in [-0.25, -0.2) is 0 Å². The van der Waals surface area contributed by atoms with E-state index in [-0.39, 0.29) is 6.47 Å². The molecule has 1 aromatic rings. The average molecular weight is 436 g/mol. The van der Waals surface area contributed by atoms with Gasteiger partial charge in [0.15, 0.2) is 0 Å². The first-order valence-corrected chi connectivity index (χ1v) is 6.84. The third-order valence-corrected chi connectivity index (χ3v) is 7.51. The second-order valence-corrected chi connectivity index (χ2v) is 10.5. The Balaban J connectivity index is 3.08. The normalized spacial score (nSPS) is 13.0. The Morgan fingerprint density at radius 1 is 0.923 bits per heavy atom. The van der Waals surface area contributed by atoms with Crippen LogP contribution in [0.5, 0.6) is 0 Å². The summed E-state index contributed by atoms with van der Waals surface area (Å²) in [6.07, 6.45) is 0. The number of hydrogen-bond acceptors (Lipinski definition) is 0. The first-order chi connectivity index (χ1) is 5.86. The van der Waals surface area contributed by atoms with Gasteiger partial charge in [-0.3, -0.25) is 0 Å². The number of hydrogen-bond donors (Lipinski definition) is 0. The van der Waals surface area contributed by atoms with Gasteiger partial charge in [0, 0.05) is 0 Å². The number of benzene rings is 1. The van der Waals surface area contributed by atoms with E-state index in [1.807, 2.05) is 25.1 Å². The molecule has 4 heteroatoms. The topological polar surface area (TPSA) is 0 Å². The molecular formula is C9H8Br4. The fraction of sp³-hybridized carbons (Fsp3) is 0.333. The van der Waals surface area contributed by atoms with Gasteiger partial charge in [-0.2, -0.15) is 0 Å². The molecule has 1 rings (SSSR count). The van der Waals surface area contributed by atoms with Gasteiger partial charge < -0.3 is 0 Å². The molecular weight excluding hydrogens is 428 g/mol. The summed E-state index contributed by atoms with van der Waals surface area (Å²) in [5.41, 5.74) is 1.16. The van der Waals surface area contributed by atoms with E-state index in [1.165, 1.54) is 0 Å². The van der Waals surface area contributed by atoms with Gasteiger partial charge in [-0.1, -0.05) is 94.1 Å². The van der Waals surface area contributed by atoms with E-state index in [9.17, 15) is 0 Å². The molecule has 0 aliphatic rings. The Labute approximate surface area is 112 Å². The Morgan fingerprint density at radius 3 is 1.77 bits per heavy atom. The van der Waals surface area contributed by atoms with Crippen LogP contribution in [0, 0.1) is 0 Å². The Kier molecular flexibility index (Phi) is 4.07. The maximum Gasteiger partial charge on any atom is 0.130 e. The summed E-state index contributed by atoms with van der Waals surface area (Å²) >= 11 is 14.4. The quantitative estimate of drug-likeness (QED) is 0.565. The van der Waals surface area contributed by atoms with E-state index in [4.69, 9.17) is 0 Å². The van der Waals surface area contributed by atoms with E-state index >= 15 is 0 Å². The van der Waals surface area contributed by atoms with Crippen LogP contribution in [0.3, 0.4) is 0 Å². The van der Waals surface area contributed by atoms with Gasteiger partial charge in [0.05, 0.1) is 0 Å². The van der Waals surface area contributed by atoms with Crippen LogP contribution in [0.2, 0.25) is 0 Å². The van der Waals surface area contributed by atoms with Crippen LogP contribution >= 0.6 is 63.7 Å². The van der Waals surface area contributed by atoms with Gasteiger partial charge >= 0.3 is 0 Å². The van der Waals surface area contributed by atoms with E-state index < -0.39 is 0 Å². The van der Waals surface area contributed by atoms with Crippen molar-refractivity contribution < 1.29 is 0 Å². The van der Waals surface area contributed by atoms with Crippen molar-refractivity contribution in [1.82, 2.24) is 0 Å². The summed E-state index contributed by atoms with van der Waals surface area (Å²) in [5.74, 6) is 0. The van der Waals surface area contributed by atoms with E-state index in [1.54, 1.807) is 0 Å². The third kappa shape index (κ3) is 2.80. The first-order valence-electron chi connectivity index (χ1n) is 3.67.